The van der Waals surface area contributed by atoms with Crippen molar-refractivity contribution in [2.75, 3.05) is 24.9 Å². The smallest absolute Gasteiger partial charge is 0.259 e. The molecule has 1 aliphatic carbocycles. The fourth-order valence-corrected chi connectivity index (χ4v) is 5.21. The Morgan fingerprint density at radius 3 is 2.37 bits per heavy atom. The van der Waals surface area contributed by atoms with E-state index in [9.17, 15) is 9.59 Å². The van der Waals surface area contributed by atoms with E-state index in [-0.39, 0.29) is 5.56 Å². The summed E-state index contributed by atoms with van der Waals surface area (Å²) in [5.41, 5.74) is 3.08. The molecule has 1 amide bonds. The molecule has 2 aromatic heterocycles. The van der Waals surface area contributed by atoms with Crippen LogP contribution in [0.2, 0.25) is 10.0 Å². The van der Waals surface area contributed by atoms with Gasteiger partial charge in [0, 0.05) is 29.8 Å². The second kappa shape index (κ2) is 13.1. The molecule has 1 aliphatic rings. The van der Waals surface area contributed by atoms with Crippen molar-refractivity contribution in [3.63, 3.8) is 0 Å². The Balaban J connectivity index is 0.00000124. The van der Waals surface area contributed by atoms with E-state index in [1.165, 1.54) is 14.2 Å². The monoisotopic (exact) mass is 594 g/mol. The Labute approximate surface area is 248 Å². The number of aryl methyl sites for hydroxylation is 1. The van der Waals surface area contributed by atoms with Crippen molar-refractivity contribution in [3.05, 3.63) is 81.2 Å². The molecule has 0 radical (unpaired) electrons. The lowest BCUT2D eigenvalue weighted by atomic mass is 10.1. The van der Waals surface area contributed by atoms with E-state index < -0.39 is 0 Å². The van der Waals surface area contributed by atoms with E-state index in [0.29, 0.717) is 79.6 Å². The molecular weight excluding hydrogens is 563 g/mol. The van der Waals surface area contributed by atoms with Gasteiger partial charge in [0.05, 0.1) is 46.7 Å². The van der Waals surface area contributed by atoms with Crippen molar-refractivity contribution in [1.82, 2.24) is 9.55 Å². The quantitative estimate of drug-likeness (QED) is 0.153. The summed E-state index contributed by atoms with van der Waals surface area (Å²) >= 11 is 13.5. The van der Waals surface area contributed by atoms with Crippen molar-refractivity contribution in [2.24, 2.45) is 5.92 Å². The number of nitrogens with zero attached hydrogens (tertiary/aromatic N) is 2. The van der Waals surface area contributed by atoms with Gasteiger partial charge in [0.1, 0.15) is 17.3 Å². The van der Waals surface area contributed by atoms with Gasteiger partial charge >= 0.3 is 0 Å². The SMILES string of the molecule is C=CC.COc1cc(OC)c(Cl)c(-c2cc3cnc(Nc4c(C)cccc4NC=O)cc3c(=O)n2CC2CC2)c1Cl. The number of allylic oxidation sites excluding steroid dienone is 1. The third-order valence-corrected chi connectivity index (χ3v) is 7.45. The summed E-state index contributed by atoms with van der Waals surface area (Å²) in [6.07, 6.45) is 6.11. The number of hydrogen-bond acceptors (Lipinski definition) is 6. The molecule has 0 saturated heterocycles. The zero-order chi connectivity index (χ0) is 29.7. The number of amides is 1. The van der Waals surface area contributed by atoms with Crippen LogP contribution in [0.25, 0.3) is 22.0 Å². The maximum atomic E-state index is 14.0. The lowest BCUT2D eigenvalue weighted by Crippen LogP contribution is -2.23. The number of rotatable bonds is 9. The number of benzene rings is 2. The number of pyridine rings is 2. The number of anilines is 3. The maximum absolute atomic E-state index is 14.0. The van der Waals surface area contributed by atoms with Crippen LogP contribution in [-0.4, -0.2) is 30.2 Å². The van der Waals surface area contributed by atoms with Crippen LogP contribution < -0.4 is 25.7 Å². The van der Waals surface area contributed by atoms with Crippen LogP contribution in [0.5, 0.6) is 11.5 Å². The number of carbonyl (C=O) groups is 1. The van der Waals surface area contributed by atoms with Crippen LogP contribution in [0.4, 0.5) is 17.2 Å². The Kier molecular flexibility index (Phi) is 9.57. The van der Waals surface area contributed by atoms with Crippen LogP contribution in [0.3, 0.4) is 0 Å². The molecule has 0 bridgehead atoms. The van der Waals surface area contributed by atoms with Gasteiger partial charge in [-0.2, -0.15) is 0 Å². The highest BCUT2D eigenvalue weighted by Gasteiger charge is 2.27. The molecule has 4 aromatic rings. The van der Waals surface area contributed by atoms with Crippen LogP contribution in [-0.2, 0) is 11.3 Å². The molecular formula is C31H32Cl2N4O4. The summed E-state index contributed by atoms with van der Waals surface area (Å²) in [7, 11) is 3.03. The van der Waals surface area contributed by atoms with Crippen molar-refractivity contribution >= 4 is 57.6 Å². The number of ether oxygens (including phenoxy) is 2. The number of nitrogens with one attached hydrogen (secondary N) is 2. The first kappa shape index (κ1) is 30.0. The molecule has 2 aromatic carbocycles. The predicted octanol–water partition coefficient (Wildman–Crippen LogP) is 7.61. The van der Waals surface area contributed by atoms with Gasteiger partial charge in [-0.1, -0.05) is 41.4 Å². The number of halogens is 2. The zero-order valence-corrected chi connectivity index (χ0v) is 24.9. The van der Waals surface area contributed by atoms with Crippen LogP contribution in [0.15, 0.2) is 60.0 Å². The molecule has 0 atom stereocenters. The van der Waals surface area contributed by atoms with Gasteiger partial charge in [-0.3, -0.25) is 9.59 Å². The van der Waals surface area contributed by atoms with Gasteiger partial charge in [0.25, 0.3) is 5.56 Å². The lowest BCUT2D eigenvalue weighted by molar-refractivity contribution is -0.105. The fraction of sp³-hybridized carbons (Fsp3) is 0.258. The second-order valence-corrected chi connectivity index (χ2v) is 10.4. The molecule has 10 heteroatoms. The summed E-state index contributed by atoms with van der Waals surface area (Å²) in [6, 6.07) is 10.8. The molecule has 0 unspecified atom stereocenters. The number of carbonyl (C=O) groups excluding carboxylic acids is 1. The number of aromatic nitrogens is 2. The van der Waals surface area contributed by atoms with E-state index in [0.717, 1.165) is 18.4 Å². The molecule has 1 saturated carbocycles. The first-order valence-electron chi connectivity index (χ1n) is 13.1. The van der Waals surface area contributed by atoms with E-state index >= 15 is 0 Å². The standard InChI is InChI=1S/C28H26Cl2N4O4.C3H6/c1-15-5-4-6-19(32-14-35)27(15)33-23-10-18-17(12-31-23)9-20(34(28(18)36)13-16-7-8-16)24-25(29)21(37-2)11-22(38-3)26(24)30;1-3-2/h4-6,9-12,14,16H,7-8,13H2,1-3H3,(H,31,33)(H,32,35);3H,1H2,2H3. The van der Waals surface area contributed by atoms with Crippen molar-refractivity contribution < 1.29 is 14.3 Å². The van der Waals surface area contributed by atoms with Crippen LogP contribution >= 0.6 is 23.2 Å². The molecule has 2 heterocycles. The Morgan fingerprint density at radius 2 is 1.78 bits per heavy atom. The van der Waals surface area contributed by atoms with E-state index in [1.54, 1.807) is 35.0 Å². The molecule has 214 valence electrons. The second-order valence-electron chi connectivity index (χ2n) is 9.62. The summed E-state index contributed by atoms with van der Waals surface area (Å²) in [6.45, 7) is 7.71. The number of fused-ring (bicyclic) bond motifs is 1. The van der Waals surface area contributed by atoms with Gasteiger partial charge < -0.3 is 24.7 Å². The summed E-state index contributed by atoms with van der Waals surface area (Å²) in [5.74, 6) is 1.66. The van der Waals surface area contributed by atoms with Crippen molar-refractivity contribution in [1.29, 1.82) is 0 Å². The van der Waals surface area contributed by atoms with Crippen molar-refractivity contribution in [2.45, 2.75) is 33.2 Å². The average molecular weight is 596 g/mol. The first-order chi connectivity index (χ1) is 19.8. The molecule has 5 rings (SSSR count). The molecule has 0 aliphatic heterocycles. The number of hydrogen-bond donors (Lipinski definition) is 2. The van der Waals surface area contributed by atoms with E-state index in [1.807, 2.05) is 32.0 Å². The predicted molar refractivity (Wildman–Crippen MR) is 167 cm³/mol. The van der Waals surface area contributed by atoms with Gasteiger partial charge in [-0.05, 0) is 56.4 Å². The molecule has 2 N–H and O–H groups in total. The number of para-hydroxylation sites is 1. The van der Waals surface area contributed by atoms with Gasteiger partial charge in [0.15, 0.2) is 0 Å². The normalized spacial score (nSPS) is 12.2. The molecule has 8 nitrogen and oxygen atoms in total. The largest absolute Gasteiger partial charge is 0.495 e. The number of methoxy groups -OCH3 is 2. The minimum atomic E-state index is -0.181. The minimum Gasteiger partial charge on any atom is -0.495 e. The Bertz CT molecular complexity index is 1640. The Morgan fingerprint density at radius 1 is 1.12 bits per heavy atom. The highest BCUT2D eigenvalue weighted by molar-refractivity contribution is 6.41. The zero-order valence-electron chi connectivity index (χ0n) is 23.4. The third kappa shape index (κ3) is 6.34. The van der Waals surface area contributed by atoms with Gasteiger partial charge in [0.2, 0.25) is 6.41 Å². The van der Waals surface area contributed by atoms with E-state index in [4.69, 9.17) is 32.7 Å². The summed E-state index contributed by atoms with van der Waals surface area (Å²) < 4.78 is 12.6. The van der Waals surface area contributed by atoms with E-state index in [2.05, 4.69) is 22.2 Å². The molecule has 1 fully saturated rings. The minimum absolute atomic E-state index is 0.181. The average Bonchev–Trinajstić information content (AvgIpc) is 3.78. The van der Waals surface area contributed by atoms with Gasteiger partial charge in [-0.25, -0.2) is 4.98 Å². The third-order valence-electron chi connectivity index (χ3n) is 6.70. The van der Waals surface area contributed by atoms with Crippen LogP contribution in [0.1, 0.15) is 25.3 Å². The summed E-state index contributed by atoms with van der Waals surface area (Å²) in [5, 5.41) is 7.67. The highest BCUT2D eigenvalue weighted by Crippen LogP contribution is 2.46. The first-order valence-corrected chi connectivity index (χ1v) is 13.8. The molecule has 0 spiro atoms. The summed E-state index contributed by atoms with van der Waals surface area (Å²) in [4.78, 5) is 29.6. The topological polar surface area (TPSA) is 94.5 Å². The fourth-order valence-electron chi connectivity index (χ4n) is 4.52. The highest BCUT2D eigenvalue weighted by atomic mass is 35.5. The lowest BCUT2D eigenvalue weighted by Gasteiger charge is -2.20. The molecule has 41 heavy (non-hydrogen) atoms. The van der Waals surface area contributed by atoms with Crippen LogP contribution in [0, 0.1) is 12.8 Å². The van der Waals surface area contributed by atoms with Crippen molar-refractivity contribution in [3.8, 4) is 22.8 Å². The maximum Gasteiger partial charge on any atom is 0.259 e. The Hall–Kier alpha value is -4.01. The van der Waals surface area contributed by atoms with Gasteiger partial charge in [-0.15, -0.1) is 6.58 Å².